The van der Waals surface area contributed by atoms with Crippen LogP contribution in [0.1, 0.15) is 17.2 Å². The Morgan fingerprint density at radius 1 is 1.18 bits per heavy atom. The molecule has 5 aliphatic rings. The fraction of sp³-hybridized carbons (Fsp3) is 0.324. The molecule has 7 rings (SSSR count). The zero-order chi connectivity index (χ0) is 36.2. The van der Waals surface area contributed by atoms with Gasteiger partial charge in [-0.3, -0.25) is 10.4 Å². The van der Waals surface area contributed by atoms with Crippen molar-refractivity contribution >= 4 is 35.3 Å². The first-order valence-corrected chi connectivity index (χ1v) is 15.5. The average molecular weight is 705 g/mol. The standard InChI is InChI=1S/C34H32N4O13/c1-47-28-24(50-32-33(45)9-8-17(19-12-36-14-37-19)34(46,31(33)44)29(51-32)30(42)43)11-23-26(27(28)41)20(39)10-22(49-23)15-2-4-16(5-3-15)48-13-21(40)18-6-7-25(35)38-18/h2-11,14,17,21-22,29,31-32,35,39-41,44-46H,12-13H2,1H3,(H,42,43)/t17-,21+,22?,29-,31+,32-,33-,34-/m1/s1. The molecule has 1 aliphatic carbocycles. The van der Waals surface area contributed by atoms with Crippen LogP contribution in [-0.2, 0) is 9.53 Å². The predicted octanol–water partition coefficient (Wildman–Crippen LogP) is 0.841. The van der Waals surface area contributed by atoms with E-state index in [2.05, 4.69) is 15.0 Å². The largest absolute Gasteiger partial charge is 0.507 e. The van der Waals surface area contributed by atoms with E-state index in [-0.39, 0.29) is 53.3 Å². The number of fused-ring (bicyclic) bond motifs is 3. The number of nitrogens with one attached hydrogen (secondary N) is 1. The van der Waals surface area contributed by atoms with E-state index in [1.165, 1.54) is 43.8 Å². The summed E-state index contributed by atoms with van der Waals surface area (Å²) < 4.78 is 28.6. The molecule has 51 heavy (non-hydrogen) atoms. The summed E-state index contributed by atoms with van der Waals surface area (Å²) in [6.45, 7) is -0.0790. The molecule has 0 amide bonds. The highest BCUT2D eigenvalue weighted by Crippen LogP contribution is 2.53. The van der Waals surface area contributed by atoms with E-state index >= 15 is 0 Å². The number of ether oxygens (including phenoxy) is 5. The molecule has 1 unspecified atom stereocenters. The molecule has 266 valence electrons. The number of aromatic hydroxyl groups is 1. The van der Waals surface area contributed by atoms with Gasteiger partial charge >= 0.3 is 5.97 Å². The van der Waals surface area contributed by atoms with Crippen molar-refractivity contribution in [2.45, 2.75) is 41.9 Å². The van der Waals surface area contributed by atoms with Gasteiger partial charge in [0.25, 0.3) is 0 Å². The third-order valence-electron chi connectivity index (χ3n) is 9.19. The minimum atomic E-state index is -2.58. The molecule has 8 N–H and O–H groups in total. The lowest BCUT2D eigenvalue weighted by Gasteiger charge is -2.55. The maximum atomic E-state index is 12.4. The number of benzene rings is 2. The number of aliphatic hydroxyl groups is 5. The summed E-state index contributed by atoms with van der Waals surface area (Å²) in [5, 5.41) is 84.7. The van der Waals surface area contributed by atoms with E-state index in [9.17, 15) is 40.5 Å². The second-order valence-electron chi connectivity index (χ2n) is 12.3. The van der Waals surface area contributed by atoms with Crippen LogP contribution in [0.2, 0.25) is 0 Å². The van der Waals surface area contributed by atoms with Crippen LogP contribution in [0.4, 0.5) is 0 Å². The lowest BCUT2D eigenvalue weighted by Crippen LogP contribution is -2.78. The highest BCUT2D eigenvalue weighted by molar-refractivity contribution is 6.15. The van der Waals surface area contributed by atoms with Gasteiger partial charge in [0.1, 0.15) is 65.5 Å². The number of phenolic OH excluding ortho intramolecular Hbond substituents is 1. The highest BCUT2D eigenvalue weighted by atomic mass is 16.7. The molecule has 1 saturated heterocycles. The quantitative estimate of drug-likeness (QED) is 0.160. The topological polar surface area (TPSA) is 266 Å². The Morgan fingerprint density at radius 3 is 2.59 bits per heavy atom. The molecule has 0 aromatic heterocycles. The highest BCUT2D eigenvalue weighted by Gasteiger charge is 2.69. The predicted molar refractivity (Wildman–Crippen MR) is 177 cm³/mol. The van der Waals surface area contributed by atoms with Crippen molar-refractivity contribution in [2.24, 2.45) is 20.9 Å². The average Bonchev–Trinajstić information content (AvgIpc) is 3.79. The first kappa shape index (κ1) is 33.9. The number of hydrogen-bond acceptors (Lipinski definition) is 15. The van der Waals surface area contributed by atoms with Crippen LogP contribution in [0.15, 0.2) is 75.7 Å². The minimum absolute atomic E-state index is 0.0345. The molecule has 0 radical (unpaired) electrons. The van der Waals surface area contributed by atoms with Crippen LogP contribution in [0.5, 0.6) is 28.7 Å². The zero-order valence-electron chi connectivity index (χ0n) is 26.7. The molecule has 4 aliphatic heterocycles. The molecule has 4 heterocycles. The molecule has 0 saturated carbocycles. The number of aliphatic hydroxyl groups excluding tert-OH is 3. The van der Waals surface area contributed by atoms with E-state index in [1.54, 1.807) is 24.3 Å². The third kappa shape index (κ3) is 5.60. The third-order valence-corrected chi connectivity index (χ3v) is 9.19. The van der Waals surface area contributed by atoms with Crippen molar-refractivity contribution in [1.82, 2.24) is 0 Å². The van der Waals surface area contributed by atoms with E-state index in [4.69, 9.17) is 29.1 Å². The number of hydrogen-bond donors (Lipinski definition) is 8. The maximum absolute atomic E-state index is 12.4. The van der Waals surface area contributed by atoms with E-state index in [1.807, 2.05) is 0 Å². The van der Waals surface area contributed by atoms with Gasteiger partial charge in [0.2, 0.25) is 12.0 Å². The van der Waals surface area contributed by atoms with Crippen LogP contribution in [0.25, 0.3) is 5.76 Å². The van der Waals surface area contributed by atoms with Crippen LogP contribution in [0.3, 0.4) is 0 Å². The van der Waals surface area contributed by atoms with Crippen LogP contribution >= 0.6 is 0 Å². The molecular weight excluding hydrogens is 672 g/mol. The first-order valence-electron chi connectivity index (χ1n) is 15.5. The molecule has 17 nitrogen and oxygen atoms in total. The van der Waals surface area contributed by atoms with E-state index < -0.39 is 59.5 Å². The Bertz CT molecular complexity index is 1970. The molecule has 2 bridgehead atoms. The summed E-state index contributed by atoms with van der Waals surface area (Å²) in [5.74, 6) is -4.16. The number of amidine groups is 1. The number of phenols is 1. The van der Waals surface area contributed by atoms with E-state index in [0.29, 0.717) is 17.0 Å². The van der Waals surface area contributed by atoms with Crippen molar-refractivity contribution < 1.29 is 64.2 Å². The Balaban J connectivity index is 1.14. The maximum Gasteiger partial charge on any atom is 0.336 e. The first-order chi connectivity index (χ1) is 24.3. The number of carboxylic acid groups (broad SMARTS) is 1. The fourth-order valence-corrected chi connectivity index (χ4v) is 6.60. The number of rotatable bonds is 10. The summed E-state index contributed by atoms with van der Waals surface area (Å²) in [7, 11) is 1.19. The zero-order valence-corrected chi connectivity index (χ0v) is 26.7. The Morgan fingerprint density at radius 2 is 1.94 bits per heavy atom. The van der Waals surface area contributed by atoms with Gasteiger partial charge in [-0.25, -0.2) is 14.8 Å². The van der Waals surface area contributed by atoms with Crippen LogP contribution in [0, 0.1) is 11.3 Å². The summed E-state index contributed by atoms with van der Waals surface area (Å²) in [4.78, 5) is 24.3. The van der Waals surface area contributed by atoms with Crippen LogP contribution < -0.4 is 18.9 Å². The molecular formula is C34H32N4O13. The van der Waals surface area contributed by atoms with Crippen LogP contribution in [-0.4, -0.2) is 121 Å². The summed E-state index contributed by atoms with van der Waals surface area (Å²) in [6, 6.07) is 7.74. The molecule has 2 aromatic rings. The second kappa shape index (κ2) is 12.6. The van der Waals surface area contributed by atoms with Gasteiger partial charge in [-0.2, -0.15) is 0 Å². The van der Waals surface area contributed by atoms with Gasteiger partial charge in [0.05, 0.1) is 31.0 Å². The number of aliphatic imine (C=N–C) groups is 3. The van der Waals surface area contributed by atoms with E-state index in [0.717, 1.165) is 6.08 Å². The number of carboxylic acids is 1. The van der Waals surface area contributed by atoms with Crippen molar-refractivity contribution in [1.29, 1.82) is 5.41 Å². The minimum Gasteiger partial charge on any atom is -0.507 e. The number of aliphatic carboxylic acids is 1. The lowest BCUT2D eigenvalue weighted by atomic mass is 9.64. The number of nitrogens with zero attached hydrogens (tertiary/aromatic N) is 3. The molecule has 0 spiro atoms. The molecule has 17 heteroatoms. The monoisotopic (exact) mass is 704 g/mol. The van der Waals surface area contributed by atoms with Crippen molar-refractivity contribution in [3.8, 4) is 28.7 Å². The Kier molecular flexibility index (Phi) is 8.39. The van der Waals surface area contributed by atoms with Crippen molar-refractivity contribution in [2.75, 3.05) is 20.3 Å². The van der Waals surface area contributed by atoms with Gasteiger partial charge in [-0.05, 0) is 35.9 Å². The summed E-state index contributed by atoms with van der Waals surface area (Å²) in [5.41, 5.74) is -4.13. The van der Waals surface area contributed by atoms with Gasteiger partial charge in [0.15, 0.2) is 23.2 Å². The molecule has 1 fully saturated rings. The summed E-state index contributed by atoms with van der Waals surface area (Å²) >= 11 is 0. The fourth-order valence-electron chi connectivity index (χ4n) is 6.60. The summed E-state index contributed by atoms with van der Waals surface area (Å²) in [6.07, 6.45) is -0.213. The lowest BCUT2D eigenvalue weighted by molar-refractivity contribution is -0.337. The second-order valence-corrected chi connectivity index (χ2v) is 12.3. The SMILES string of the molecule is COc1c(O[C@@H]2O[C@H](C(=O)O)[C@]3(O)[C@@H](C4=NC=NC4)C=C[C@@]2(O)[C@@H]3O)cc2c(c1O)C(O)=CC(c1ccc(OC[C@H](O)C3=NC(=N)C=C3)cc1)O2. The van der Waals surface area contributed by atoms with Gasteiger partial charge in [0, 0.05) is 12.1 Å². The Labute approximate surface area is 288 Å². The number of methoxy groups -OCH3 is 1. The van der Waals surface area contributed by atoms with Crippen molar-refractivity contribution in [3.63, 3.8) is 0 Å². The van der Waals surface area contributed by atoms with Gasteiger partial charge in [-0.15, -0.1) is 0 Å². The molecule has 2 aromatic carbocycles. The van der Waals surface area contributed by atoms with Crippen molar-refractivity contribution in [3.05, 3.63) is 71.8 Å². The van der Waals surface area contributed by atoms with Gasteiger partial charge in [-0.1, -0.05) is 18.2 Å². The Hall–Kier alpha value is -5.59. The molecule has 8 atom stereocenters. The normalized spacial score (nSPS) is 30.9. The smallest absolute Gasteiger partial charge is 0.336 e. The van der Waals surface area contributed by atoms with Gasteiger partial charge < -0.3 is 59.4 Å². The number of carbonyl (C=O) groups is 1.